The van der Waals surface area contributed by atoms with Crippen molar-refractivity contribution in [1.82, 2.24) is 9.55 Å². The van der Waals surface area contributed by atoms with Crippen molar-refractivity contribution in [2.24, 2.45) is 0 Å². The molecule has 5 rings (SSSR count). The predicted octanol–water partition coefficient (Wildman–Crippen LogP) is 6.14. The molecule has 8 heteroatoms. The van der Waals surface area contributed by atoms with Crippen molar-refractivity contribution in [3.8, 4) is 11.1 Å². The number of benzene rings is 3. The molecule has 0 bridgehead atoms. The molecular weight excluding hydrogens is 482 g/mol. The predicted molar refractivity (Wildman–Crippen MR) is 141 cm³/mol. The third-order valence-electron chi connectivity index (χ3n) is 5.68. The number of anilines is 1. The number of rotatable bonds is 7. The number of nitrogens with zero attached hydrogens (tertiary/aromatic N) is 2. The maximum Gasteiger partial charge on any atom is 0.341 e. The summed E-state index contributed by atoms with van der Waals surface area (Å²) in [7, 11) is 0. The molecular formula is C27H20ClN3O3S. The third-order valence-corrected chi connectivity index (χ3v) is 7.09. The summed E-state index contributed by atoms with van der Waals surface area (Å²) in [6, 6.07) is 25.4. The van der Waals surface area contributed by atoms with E-state index in [1.54, 1.807) is 4.57 Å². The fraction of sp³-hybridized carbons (Fsp3) is 0.0741. The van der Waals surface area contributed by atoms with Crippen LogP contribution in [-0.2, 0) is 13.1 Å². The first-order valence-corrected chi connectivity index (χ1v) is 12.1. The topological polar surface area (TPSA) is 84.2 Å². The van der Waals surface area contributed by atoms with Crippen LogP contribution in [0.1, 0.15) is 21.5 Å². The lowest BCUT2D eigenvalue weighted by Crippen LogP contribution is -2.19. The van der Waals surface area contributed by atoms with Crippen molar-refractivity contribution in [2.75, 3.05) is 5.32 Å². The van der Waals surface area contributed by atoms with Gasteiger partial charge in [0, 0.05) is 24.3 Å². The Morgan fingerprint density at radius 2 is 1.66 bits per heavy atom. The molecule has 0 aliphatic rings. The molecule has 2 aromatic heterocycles. The van der Waals surface area contributed by atoms with E-state index in [0.29, 0.717) is 28.1 Å². The van der Waals surface area contributed by atoms with Crippen LogP contribution in [0.4, 0.5) is 5.13 Å². The number of pyridine rings is 1. The number of nitrogens with one attached hydrogen (secondary N) is 1. The van der Waals surface area contributed by atoms with Gasteiger partial charge in [0.25, 0.3) is 0 Å². The second-order valence-corrected chi connectivity index (χ2v) is 9.33. The number of hydrogen-bond donors (Lipinski definition) is 2. The monoisotopic (exact) mass is 501 g/mol. The van der Waals surface area contributed by atoms with Crippen LogP contribution in [0, 0.1) is 0 Å². The largest absolute Gasteiger partial charge is 0.477 e. The molecule has 0 unspecified atom stereocenters. The van der Waals surface area contributed by atoms with Gasteiger partial charge in [0.05, 0.1) is 0 Å². The van der Waals surface area contributed by atoms with Crippen molar-refractivity contribution in [1.29, 1.82) is 0 Å². The molecule has 174 valence electrons. The van der Waals surface area contributed by atoms with Gasteiger partial charge in [-0.05, 0) is 28.3 Å². The molecule has 0 fully saturated rings. The fourth-order valence-electron chi connectivity index (χ4n) is 3.95. The Morgan fingerprint density at radius 1 is 0.971 bits per heavy atom. The summed E-state index contributed by atoms with van der Waals surface area (Å²) in [6.07, 6.45) is 1.41. The van der Waals surface area contributed by atoms with Crippen molar-refractivity contribution in [3.05, 3.63) is 117 Å². The van der Waals surface area contributed by atoms with Gasteiger partial charge in [0.1, 0.15) is 15.9 Å². The first-order chi connectivity index (χ1) is 17.0. The second-order valence-electron chi connectivity index (χ2n) is 7.95. The van der Waals surface area contributed by atoms with Crippen LogP contribution in [0.25, 0.3) is 21.5 Å². The van der Waals surface area contributed by atoms with Crippen LogP contribution in [0.2, 0.25) is 5.02 Å². The van der Waals surface area contributed by atoms with E-state index in [4.69, 9.17) is 11.6 Å². The van der Waals surface area contributed by atoms with Gasteiger partial charge in [-0.1, -0.05) is 95.7 Å². The van der Waals surface area contributed by atoms with E-state index in [1.807, 2.05) is 78.9 Å². The molecule has 0 amide bonds. The minimum absolute atomic E-state index is 0.133. The number of thiazole rings is 1. The number of fused-ring (bicyclic) bond motifs is 1. The highest BCUT2D eigenvalue weighted by molar-refractivity contribution is 7.21. The van der Waals surface area contributed by atoms with E-state index in [1.165, 1.54) is 17.5 Å². The van der Waals surface area contributed by atoms with Crippen molar-refractivity contribution in [3.63, 3.8) is 0 Å². The van der Waals surface area contributed by atoms with Crippen LogP contribution in [0.15, 0.2) is 89.9 Å². The first kappa shape index (κ1) is 22.8. The van der Waals surface area contributed by atoms with E-state index in [9.17, 15) is 14.7 Å². The summed E-state index contributed by atoms with van der Waals surface area (Å²) < 4.78 is 1.79. The zero-order valence-electron chi connectivity index (χ0n) is 18.4. The molecule has 0 atom stereocenters. The molecule has 35 heavy (non-hydrogen) atoms. The maximum atomic E-state index is 12.9. The lowest BCUT2D eigenvalue weighted by molar-refractivity contribution is 0.0695. The number of hydrogen-bond acceptors (Lipinski definition) is 5. The number of halogens is 1. The van der Waals surface area contributed by atoms with Crippen LogP contribution in [-0.4, -0.2) is 20.6 Å². The van der Waals surface area contributed by atoms with Gasteiger partial charge in [-0.25, -0.2) is 9.78 Å². The Hall–Kier alpha value is -3.94. The summed E-state index contributed by atoms with van der Waals surface area (Å²) in [5.41, 5.74) is 3.22. The van der Waals surface area contributed by atoms with E-state index in [2.05, 4.69) is 10.3 Å². The molecule has 0 saturated carbocycles. The molecule has 0 aliphatic carbocycles. The number of aromatic nitrogens is 2. The van der Waals surface area contributed by atoms with Gasteiger partial charge in [-0.2, -0.15) is 0 Å². The first-order valence-electron chi connectivity index (χ1n) is 10.9. The molecule has 0 spiro atoms. The number of carboxylic acids is 1. The Labute approximate surface area is 210 Å². The van der Waals surface area contributed by atoms with Crippen molar-refractivity contribution < 1.29 is 9.90 Å². The molecule has 0 aliphatic heterocycles. The highest BCUT2D eigenvalue weighted by Crippen LogP contribution is 2.29. The van der Waals surface area contributed by atoms with Gasteiger partial charge < -0.3 is 15.0 Å². The molecule has 5 aromatic rings. The van der Waals surface area contributed by atoms with Crippen molar-refractivity contribution in [2.45, 2.75) is 13.1 Å². The van der Waals surface area contributed by atoms with E-state index < -0.39 is 11.4 Å². The summed E-state index contributed by atoms with van der Waals surface area (Å²) in [4.78, 5) is 29.8. The maximum absolute atomic E-state index is 12.9. The summed E-state index contributed by atoms with van der Waals surface area (Å²) in [5, 5.41) is 14.0. The van der Waals surface area contributed by atoms with Gasteiger partial charge >= 0.3 is 5.97 Å². The van der Waals surface area contributed by atoms with Gasteiger partial charge in [0.15, 0.2) is 5.13 Å². The highest BCUT2D eigenvalue weighted by Gasteiger charge is 2.19. The zero-order valence-corrected chi connectivity index (χ0v) is 20.0. The SMILES string of the molecule is O=C(O)c1cn(Cc2ccccc2-c2ccccc2)c2sc(NCc3ccccc3Cl)nc2c1=O. The zero-order chi connectivity index (χ0) is 24.4. The molecule has 2 N–H and O–H groups in total. The normalized spacial score (nSPS) is 11.0. The molecule has 2 heterocycles. The van der Waals surface area contributed by atoms with Crippen molar-refractivity contribution >= 4 is 44.4 Å². The van der Waals surface area contributed by atoms with Crippen LogP contribution >= 0.6 is 22.9 Å². The smallest absolute Gasteiger partial charge is 0.341 e. The number of carbonyl (C=O) groups is 1. The van der Waals surface area contributed by atoms with Crippen LogP contribution < -0.4 is 10.7 Å². The van der Waals surface area contributed by atoms with E-state index in [0.717, 1.165) is 22.3 Å². The number of carboxylic acid groups (broad SMARTS) is 1. The molecule has 3 aromatic carbocycles. The third kappa shape index (κ3) is 4.69. The molecule has 6 nitrogen and oxygen atoms in total. The minimum Gasteiger partial charge on any atom is -0.477 e. The summed E-state index contributed by atoms with van der Waals surface area (Å²) >= 11 is 7.56. The minimum atomic E-state index is -1.28. The second kappa shape index (κ2) is 9.74. The van der Waals surface area contributed by atoms with Crippen LogP contribution in [0.5, 0.6) is 0 Å². The summed E-state index contributed by atoms with van der Waals surface area (Å²) in [5.74, 6) is -1.28. The average molecular weight is 502 g/mol. The van der Waals surface area contributed by atoms with Gasteiger partial charge in [0.2, 0.25) is 5.43 Å². The quantitative estimate of drug-likeness (QED) is 0.280. The van der Waals surface area contributed by atoms with Crippen LogP contribution in [0.3, 0.4) is 0 Å². The standard InChI is InChI=1S/C27H20ClN3O3S/c28-22-13-7-5-10-18(22)14-29-27-30-23-24(32)21(26(33)34)16-31(25(23)35-27)15-19-11-4-6-12-20(19)17-8-2-1-3-9-17/h1-13,16H,14-15H2,(H,29,30)(H,33,34). The number of aromatic carboxylic acids is 1. The lowest BCUT2D eigenvalue weighted by atomic mass is 9.99. The van der Waals surface area contributed by atoms with E-state index in [-0.39, 0.29) is 11.1 Å². The lowest BCUT2D eigenvalue weighted by Gasteiger charge is -2.13. The average Bonchev–Trinajstić information content (AvgIpc) is 3.31. The fourth-order valence-corrected chi connectivity index (χ4v) is 5.09. The molecule has 0 radical (unpaired) electrons. The Bertz CT molecular complexity index is 1590. The Kier molecular flexibility index (Phi) is 6.35. The van der Waals surface area contributed by atoms with E-state index >= 15 is 0 Å². The summed E-state index contributed by atoms with van der Waals surface area (Å²) in [6.45, 7) is 0.810. The molecule has 0 saturated heterocycles. The Morgan fingerprint density at radius 3 is 2.40 bits per heavy atom. The highest BCUT2D eigenvalue weighted by atomic mass is 35.5. The Balaban J connectivity index is 1.57. The van der Waals surface area contributed by atoms with Gasteiger partial charge in [-0.3, -0.25) is 4.79 Å². The van der Waals surface area contributed by atoms with Gasteiger partial charge in [-0.15, -0.1) is 0 Å².